The molecular weight excluding hydrogens is 272 g/mol. The number of aryl methyl sites for hydroxylation is 2. The topological polar surface area (TPSA) is 34.2 Å². The molecule has 0 aliphatic rings. The van der Waals surface area contributed by atoms with Gasteiger partial charge in [0.2, 0.25) is 0 Å². The number of nitrogens with zero attached hydrogens (tertiary/aromatic N) is 1. The van der Waals surface area contributed by atoms with Crippen LogP contribution in [0.1, 0.15) is 23.7 Å². The molecule has 0 radical (unpaired) electrons. The average molecular weight is 291 g/mol. The van der Waals surface area contributed by atoms with Crippen molar-refractivity contribution in [2.75, 3.05) is 6.54 Å². The molecule has 0 saturated carbocycles. The maximum Gasteiger partial charge on any atom is 0.146 e. The van der Waals surface area contributed by atoms with E-state index in [1.807, 2.05) is 44.3 Å². The third-order valence-electron chi connectivity index (χ3n) is 2.95. The molecule has 2 rings (SSSR count). The zero-order valence-corrected chi connectivity index (χ0v) is 12.8. The molecule has 1 heterocycles. The van der Waals surface area contributed by atoms with Crippen molar-refractivity contribution >= 4 is 11.6 Å². The standard InChI is InChI=1S/C16H19ClN2O/c1-4-18-9-13-10-19-12(3)8-16(13)20-15-6-5-11(2)7-14(15)17/h5-8,10,18H,4,9H2,1-3H3. The summed E-state index contributed by atoms with van der Waals surface area (Å²) in [6, 6.07) is 7.71. The number of hydrogen-bond donors (Lipinski definition) is 1. The van der Waals surface area contributed by atoms with Crippen LogP contribution in [0.4, 0.5) is 0 Å². The predicted molar refractivity (Wildman–Crippen MR) is 82.6 cm³/mol. The third kappa shape index (κ3) is 3.71. The number of rotatable bonds is 5. The van der Waals surface area contributed by atoms with Crippen molar-refractivity contribution in [1.82, 2.24) is 10.3 Å². The van der Waals surface area contributed by atoms with Crippen LogP contribution >= 0.6 is 11.6 Å². The van der Waals surface area contributed by atoms with E-state index in [-0.39, 0.29) is 0 Å². The number of benzene rings is 1. The molecule has 1 N–H and O–H groups in total. The van der Waals surface area contributed by atoms with E-state index < -0.39 is 0 Å². The molecule has 3 nitrogen and oxygen atoms in total. The second-order valence-electron chi connectivity index (χ2n) is 4.75. The highest BCUT2D eigenvalue weighted by molar-refractivity contribution is 6.32. The Labute approximate surface area is 124 Å². The summed E-state index contributed by atoms with van der Waals surface area (Å²) < 4.78 is 5.96. The highest BCUT2D eigenvalue weighted by atomic mass is 35.5. The van der Waals surface area contributed by atoms with Gasteiger partial charge in [-0.2, -0.15) is 0 Å². The van der Waals surface area contributed by atoms with Gasteiger partial charge in [0.25, 0.3) is 0 Å². The molecule has 1 aromatic carbocycles. The molecule has 0 unspecified atom stereocenters. The molecule has 4 heteroatoms. The molecule has 0 fully saturated rings. The highest BCUT2D eigenvalue weighted by Gasteiger charge is 2.09. The lowest BCUT2D eigenvalue weighted by molar-refractivity contribution is 0.471. The molecule has 0 amide bonds. The van der Waals surface area contributed by atoms with Crippen LogP contribution in [-0.2, 0) is 6.54 Å². The second-order valence-corrected chi connectivity index (χ2v) is 5.16. The first-order chi connectivity index (χ1) is 9.60. The van der Waals surface area contributed by atoms with Gasteiger partial charge in [-0.3, -0.25) is 4.98 Å². The molecule has 2 aromatic rings. The number of nitrogens with one attached hydrogen (secondary N) is 1. The first-order valence-corrected chi connectivity index (χ1v) is 7.08. The minimum atomic E-state index is 0.619. The van der Waals surface area contributed by atoms with Crippen molar-refractivity contribution < 1.29 is 4.74 Å². The fourth-order valence-electron chi connectivity index (χ4n) is 1.86. The van der Waals surface area contributed by atoms with Crippen molar-refractivity contribution in [2.45, 2.75) is 27.3 Å². The van der Waals surface area contributed by atoms with Crippen LogP contribution in [0, 0.1) is 13.8 Å². The Morgan fingerprint density at radius 2 is 2.00 bits per heavy atom. The van der Waals surface area contributed by atoms with Crippen LogP contribution < -0.4 is 10.1 Å². The minimum Gasteiger partial charge on any atom is -0.455 e. The van der Waals surface area contributed by atoms with Crippen LogP contribution in [0.15, 0.2) is 30.5 Å². The molecule has 1 aromatic heterocycles. The second kappa shape index (κ2) is 6.73. The number of aromatic nitrogens is 1. The van der Waals surface area contributed by atoms with E-state index in [9.17, 15) is 0 Å². The minimum absolute atomic E-state index is 0.619. The normalized spacial score (nSPS) is 10.6. The maximum absolute atomic E-state index is 6.22. The summed E-state index contributed by atoms with van der Waals surface area (Å²) in [5.74, 6) is 1.46. The van der Waals surface area contributed by atoms with Gasteiger partial charge in [0.05, 0.1) is 5.02 Å². The van der Waals surface area contributed by atoms with Crippen molar-refractivity contribution in [3.05, 3.63) is 52.3 Å². The van der Waals surface area contributed by atoms with Gasteiger partial charge in [-0.25, -0.2) is 0 Å². The monoisotopic (exact) mass is 290 g/mol. The van der Waals surface area contributed by atoms with E-state index in [4.69, 9.17) is 16.3 Å². The fraction of sp³-hybridized carbons (Fsp3) is 0.312. The van der Waals surface area contributed by atoms with E-state index in [0.29, 0.717) is 10.8 Å². The zero-order chi connectivity index (χ0) is 14.5. The van der Waals surface area contributed by atoms with Gasteiger partial charge in [-0.05, 0) is 38.1 Å². The molecular formula is C16H19ClN2O. The van der Waals surface area contributed by atoms with Gasteiger partial charge in [0.15, 0.2) is 0 Å². The summed E-state index contributed by atoms with van der Waals surface area (Å²) >= 11 is 6.22. The maximum atomic E-state index is 6.22. The van der Waals surface area contributed by atoms with Crippen molar-refractivity contribution in [2.24, 2.45) is 0 Å². The Hall–Kier alpha value is -1.58. The molecule has 106 valence electrons. The Bertz CT molecular complexity index is 599. The largest absolute Gasteiger partial charge is 0.455 e. The summed E-state index contributed by atoms with van der Waals surface area (Å²) in [7, 11) is 0. The van der Waals surface area contributed by atoms with Crippen molar-refractivity contribution in [1.29, 1.82) is 0 Å². The highest BCUT2D eigenvalue weighted by Crippen LogP contribution is 2.32. The first kappa shape index (κ1) is 14.8. The number of hydrogen-bond acceptors (Lipinski definition) is 3. The Kier molecular flexibility index (Phi) is 4.99. The number of halogens is 1. The average Bonchev–Trinajstić information content (AvgIpc) is 2.41. The van der Waals surface area contributed by atoms with Gasteiger partial charge in [0, 0.05) is 30.1 Å². The molecule has 0 spiro atoms. The predicted octanol–water partition coefficient (Wildman–Crippen LogP) is 4.25. The van der Waals surface area contributed by atoms with Crippen molar-refractivity contribution in [3.8, 4) is 11.5 Å². The lowest BCUT2D eigenvalue weighted by Crippen LogP contribution is -2.12. The van der Waals surface area contributed by atoms with E-state index in [1.54, 1.807) is 0 Å². The molecule has 0 aliphatic carbocycles. The SMILES string of the molecule is CCNCc1cnc(C)cc1Oc1ccc(C)cc1Cl. The zero-order valence-electron chi connectivity index (χ0n) is 12.0. The molecule has 0 atom stereocenters. The van der Waals surface area contributed by atoms with E-state index in [2.05, 4.69) is 17.2 Å². The number of pyridine rings is 1. The van der Waals surface area contributed by atoms with Gasteiger partial charge < -0.3 is 10.1 Å². The summed E-state index contributed by atoms with van der Waals surface area (Å²) in [6.07, 6.45) is 1.84. The third-order valence-corrected chi connectivity index (χ3v) is 3.25. The Balaban J connectivity index is 2.29. The van der Waals surface area contributed by atoms with Crippen LogP contribution in [0.3, 0.4) is 0 Å². The van der Waals surface area contributed by atoms with E-state index in [0.717, 1.165) is 35.7 Å². The summed E-state index contributed by atoms with van der Waals surface area (Å²) in [6.45, 7) is 7.64. The lowest BCUT2D eigenvalue weighted by atomic mass is 10.2. The van der Waals surface area contributed by atoms with Crippen LogP contribution in [0.2, 0.25) is 5.02 Å². The van der Waals surface area contributed by atoms with E-state index in [1.165, 1.54) is 0 Å². The summed E-state index contributed by atoms with van der Waals surface area (Å²) in [4.78, 5) is 4.32. The summed E-state index contributed by atoms with van der Waals surface area (Å²) in [5, 5.41) is 3.90. The molecule has 0 aliphatic heterocycles. The smallest absolute Gasteiger partial charge is 0.146 e. The Morgan fingerprint density at radius 1 is 1.20 bits per heavy atom. The molecule has 20 heavy (non-hydrogen) atoms. The van der Waals surface area contributed by atoms with Crippen LogP contribution in [-0.4, -0.2) is 11.5 Å². The van der Waals surface area contributed by atoms with Crippen LogP contribution in [0.5, 0.6) is 11.5 Å². The van der Waals surface area contributed by atoms with Gasteiger partial charge in [-0.1, -0.05) is 24.6 Å². The van der Waals surface area contributed by atoms with Gasteiger partial charge in [-0.15, -0.1) is 0 Å². The number of ether oxygens (including phenoxy) is 1. The van der Waals surface area contributed by atoms with Gasteiger partial charge >= 0.3 is 0 Å². The first-order valence-electron chi connectivity index (χ1n) is 6.70. The Morgan fingerprint density at radius 3 is 2.70 bits per heavy atom. The lowest BCUT2D eigenvalue weighted by Gasteiger charge is -2.13. The van der Waals surface area contributed by atoms with E-state index >= 15 is 0 Å². The van der Waals surface area contributed by atoms with Crippen LogP contribution in [0.25, 0.3) is 0 Å². The summed E-state index contributed by atoms with van der Waals surface area (Å²) in [5.41, 5.74) is 3.05. The van der Waals surface area contributed by atoms with Crippen molar-refractivity contribution in [3.63, 3.8) is 0 Å². The molecule has 0 bridgehead atoms. The molecule has 0 saturated heterocycles. The van der Waals surface area contributed by atoms with Gasteiger partial charge in [0.1, 0.15) is 11.5 Å². The fourth-order valence-corrected chi connectivity index (χ4v) is 2.13. The quantitative estimate of drug-likeness (QED) is 0.894.